The number of nitrogens with zero attached hydrogens (tertiary/aromatic N) is 3. The second kappa shape index (κ2) is 6.14. The van der Waals surface area contributed by atoms with Crippen LogP contribution in [0.15, 0.2) is 48.7 Å². The Bertz CT molecular complexity index is 842. The molecule has 0 aliphatic carbocycles. The van der Waals surface area contributed by atoms with Gasteiger partial charge < -0.3 is 21.5 Å². The number of phenols is 1. The number of rotatable bonds is 4. The molecule has 0 atom stereocenters. The molecule has 0 aliphatic heterocycles. The lowest BCUT2D eigenvalue weighted by atomic mass is 10.3. The van der Waals surface area contributed by atoms with Crippen molar-refractivity contribution in [2.75, 3.05) is 16.4 Å². The Kier molecular flexibility index (Phi) is 3.88. The molecule has 0 aliphatic rings. The summed E-state index contributed by atoms with van der Waals surface area (Å²) in [5.41, 5.74) is 6.16. The van der Waals surface area contributed by atoms with Crippen molar-refractivity contribution in [1.29, 1.82) is 0 Å². The van der Waals surface area contributed by atoms with Crippen LogP contribution in [0.5, 0.6) is 5.75 Å². The zero-order valence-electron chi connectivity index (χ0n) is 11.9. The average molecular weight is 312 g/mol. The van der Waals surface area contributed by atoms with Crippen molar-refractivity contribution in [2.24, 2.45) is 0 Å². The third-order valence-corrected chi connectivity index (χ3v) is 2.86. The van der Waals surface area contributed by atoms with Gasteiger partial charge in [0.2, 0.25) is 5.95 Å². The van der Waals surface area contributed by atoms with Crippen LogP contribution in [0.2, 0.25) is 0 Å². The SMILES string of the molecule is Nc1cccc(Nc2nc(Nc3cccc(O)c3)ncc2F)n1. The first-order valence-corrected chi connectivity index (χ1v) is 6.68. The lowest BCUT2D eigenvalue weighted by molar-refractivity contribution is 0.475. The summed E-state index contributed by atoms with van der Waals surface area (Å²) in [6.45, 7) is 0. The van der Waals surface area contributed by atoms with E-state index in [1.807, 2.05) is 0 Å². The van der Waals surface area contributed by atoms with E-state index < -0.39 is 5.82 Å². The molecule has 8 heteroatoms. The molecule has 0 unspecified atom stereocenters. The van der Waals surface area contributed by atoms with Crippen LogP contribution in [0.1, 0.15) is 0 Å². The molecule has 0 saturated heterocycles. The van der Waals surface area contributed by atoms with Gasteiger partial charge in [-0.1, -0.05) is 12.1 Å². The Balaban J connectivity index is 1.84. The number of hydrogen-bond donors (Lipinski definition) is 4. The van der Waals surface area contributed by atoms with Gasteiger partial charge in [-0.3, -0.25) is 0 Å². The molecule has 116 valence electrons. The van der Waals surface area contributed by atoms with E-state index >= 15 is 0 Å². The zero-order valence-corrected chi connectivity index (χ0v) is 11.9. The fourth-order valence-corrected chi connectivity index (χ4v) is 1.87. The van der Waals surface area contributed by atoms with Crippen LogP contribution in [0, 0.1) is 5.82 Å². The van der Waals surface area contributed by atoms with Crippen LogP contribution >= 0.6 is 0 Å². The van der Waals surface area contributed by atoms with Crippen LogP contribution < -0.4 is 16.4 Å². The molecule has 2 heterocycles. The van der Waals surface area contributed by atoms with Crippen molar-refractivity contribution < 1.29 is 9.50 Å². The first-order valence-electron chi connectivity index (χ1n) is 6.68. The second-order valence-corrected chi connectivity index (χ2v) is 4.64. The van der Waals surface area contributed by atoms with Gasteiger partial charge in [-0.15, -0.1) is 0 Å². The van der Waals surface area contributed by atoms with Crippen molar-refractivity contribution >= 4 is 29.1 Å². The number of nitrogens with two attached hydrogens (primary N) is 1. The fraction of sp³-hybridized carbons (Fsp3) is 0. The normalized spacial score (nSPS) is 10.3. The van der Waals surface area contributed by atoms with Gasteiger partial charge in [-0.2, -0.15) is 4.98 Å². The Morgan fingerprint density at radius 2 is 1.87 bits per heavy atom. The van der Waals surface area contributed by atoms with Gasteiger partial charge >= 0.3 is 0 Å². The number of halogens is 1. The molecular formula is C15H13FN6O. The van der Waals surface area contributed by atoms with Crippen molar-refractivity contribution in [3.63, 3.8) is 0 Å². The Morgan fingerprint density at radius 1 is 1.04 bits per heavy atom. The number of nitrogen functional groups attached to an aromatic ring is 1. The molecule has 5 N–H and O–H groups in total. The number of benzene rings is 1. The zero-order chi connectivity index (χ0) is 16.2. The highest BCUT2D eigenvalue weighted by atomic mass is 19.1. The van der Waals surface area contributed by atoms with E-state index in [2.05, 4.69) is 25.6 Å². The molecule has 2 aromatic heterocycles. The predicted molar refractivity (Wildman–Crippen MR) is 85.3 cm³/mol. The predicted octanol–water partition coefficient (Wildman–Crippen LogP) is 2.79. The fourth-order valence-electron chi connectivity index (χ4n) is 1.87. The Morgan fingerprint density at radius 3 is 2.65 bits per heavy atom. The largest absolute Gasteiger partial charge is 0.508 e. The maximum atomic E-state index is 13.8. The minimum absolute atomic E-state index is 0.0410. The molecule has 7 nitrogen and oxygen atoms in total. The number of nitrogens with one attached hydrogen (secondary N) is 2. The number of anilines is 5. The van der Waals surface area contributed by atoms with Gasteiger partial charge in [0.25, 0.3) is 0 Å². The molecule has 0 bridgehead atoms. The summed E-state index contributed by atoms with van der Waals surface area (Å²) < 4.78 is 13.8. The van der Waals surface area contributed by atoms with E-state index in [9.17, 15) is 9.50 Å². The minimum atomic E-state index is -0.629. The topological polar surface area (TPSA) is 109 Å². The summed E-state index contributed by atoms with van der Waals surface area (Å²) in [7, 11) is 0. The second-order valence-electron chi connectivity index (χ2n) is 4.64. The van der Waals surface area contributed by atoms with Gasteiger partial charge in [0, 0.05) is 11.8 Å². The molecule has 0 radical (unpaired) electrons. The molecule has 3 rings (SSSR count). The number of pyridine rings is 1. The third-order valence-electron chi connectivity index (χ3n) is 2.86. The van der Waals surface area contributed by atoms with Crippen molar-refractivity contribution in [3.05, 3.63) is 54.5 Å². The highest BCUT2D eigenvalue weighted by molar-refractivity contribution is 5.59. The summed E-state index contributed by atoms with van der Waals surface area (Å²) in [6.07, 6.45) is 1.03. The molecule has 3 aromatic rings. The van der Waals surface area contributed by atoms with E-state index in [1.165, 1.54) is 12.1 Å². The van der Waals surface area contributed by atoms with Crippen LogP contribution in [0.4, 0.5) is 33.5 Å². The van der Waals surface area contributed by atoms with Crippen molar-refractivity contribution in [1.82, 2.24) is 15.0 Å². The standard InChI is InChI=1S/C15H13FN6O/c16-11-8-18-15(19-9-3-1-4-10(23)7-9)22-14(11)21-13-6-2-5-12(17)20-13/h1-8,23H,(H4,17,18,19,20,21,22). The third kappa shape index (κ3) is 3.62. The van der Waals surface area contributed by atoms with E-state index in [0.29, 0.717) is 17.3 Å². The van der Waals surface area contributed by atoms with Gasteiger partial charge in [0.05, 0.1) is 6.20 Å². The highest BCUT2D eigenvalue weighted by Crippen LogP contribution is 2.21. The summed E-state index contributed by atoms with van der Waals surface area (Å²) in [5, 5.41) is 15.1. The quantitative estimate of drug-likeness (QED) is 0.586. The number of aromatic hydroxyl groups is 1. The first kappa shape index (κ1) is 14.5. The Hall–Kier alpha value is -3.42. The van der Waals surface area contributed by atoms with Crippen LogP contribution in [0.25, 0.3) is 0 Å². The molecule has 0 fully saturated rings. The lowest BCUT2D eigenvalue weighted by Gasteiger charge is -2.09. The number of hydrogen-bond acceptors (Lipinski definition) is 7. The van der Waals surface area contributed by atoms with E-state index in [0.717, 1.165) is 6.20 Å². The van der Waals surface area contributed by atoms with Gasteiger partial charge in [-0.05, 0) is 24.3 Å². The molecular weight excluding hydrogens is 299 g/mol. The molecule has 0 amide bonds. The van der Waals surface area contributed by atoms with Crippen LogP contribution in [0.3, 0.4) is 0 Å². The van der Waals surface area contributed by atoms with E-state index in [1.54, 1.807) is 30.3 Å². The monoisotopic (exact) mass is 312 g/mol. The minimum Gasteiger partial charge on any atom is -0.508 e. The summed E-state index contributed by atoms with van der Waals surface area (Å²) in [5.74, 6) is 0.271. The van der Waals surface area contributed by atoms with Crippen LogP contribution in [-0.4, -0.2) is 20.1 Å². The smallest absolute Gasteiger partial charge is 0.229 e. The first-order chi connectivity index (χ1) is 11.1. The van der Waals surface area contributed by atoms with E-state index in [4.69, 9.17) is 5.73 Å². The molecule has 0 spiro atoms. The lowest BCUT2D eigenvalue weighted by Crippen LogP contribution is -2.04. The summed E-state index contributed by atoms with van der Waals surface area (Å²) in [6, 6.07) is 11.4. The molecule has 1 aromatic carbocycles. The number of phenolic OH excluding ortho intramolecular Hbond substituents is 1. The summed E-state index contributed by atoms with van der Waals surface area (Å²) in [4.78, 5) is 11.9. The average Bonchev–Trinajstić information content (AvgIpc) is 2.51. The highest BCUT2D eigenvalue weighted by Gasteiger charge is 2.08. The molecule has 0 saturated carbocycles. The van der Waals surface area contributed by atoms with E-state index in [-0.39, 0.29) is 17.5 Å². The van der Waals surface area contributed by atoms with Gasteiger partial charge in [0.15, 0.2) is 11.6 Å². The Labute approximate surface area is 131 Å². The summed E-state index contributed by atoms with van der Waals surface area (Å²) >= 11 is 0. The maximum Gasteiger partial charge on any atom is 0.229 e. The van der Waals surface area contributed by atoms with Gasteiger partial charge in [-0.25, -0.2) is 14.4 Å². The van der Waals surface area contributed by atoms with Crippen LogP contribution in [-0.2, 0) is 0 Å². The number of aromatic nitrogens is 3. The van der Waals surface area contributed by atoms with Crippen molar-refractivity contribution in [2.45, 2.75) is 0 Å². The van der Waals surface area contributed by atoms with Gasteiger partial charge in [0.1, 0.15) is 17.4 Å². The molecule has 23 heavy (non-hydrogen) atoms. The van der Waals surface area contributed by atoms with Crippen molar-refractivity contribution in [3.8, 4) is 5.75 Å². The maximum absolute atomic E-state index is 13.8.